The summed E-state index contributed by atoms with van der Waals surface area (Å²) in [5, 5.41) is 11.2. The van der Waals surface area contributed by atoms with Crippen molar-refractivity contribution in [2.75, 3.05) is 14.2 Å². The lowest BCUT2D eigenvalue weighted by Gasteiger charge is -2.38. The normalized spacial score (nSPS) is 21.8. The van der Waals surface area contributed by atoms with Crippen molar-refractivity contribution in [1.29, 1.82) is 0 Å². The van der Waals surface area contributed by atoms with Crippen LogP contribution in [0, 0.1) is 21.4 Å². The zero-order valence-corrected chi connectivity index (χ0v) is 15.2. The van der Waals surface area contributed by atoms with E-state index in [-0.39, 0.29) is 24.4 Å². The molecule has 2 aliphatic rings. The molecule has 1 fully saturated rings. The third-order valence-electron chi connectivity index (χ3n) is 5.81. The first-order valence-electron chi connectivity index (χ1n) is 8.33. The predicted molar refractivity (Wildman–Crippen MR) is 93.3 cm³/mol. The molecule has 138 valence electrons. The molecule has 1 saturated carbocycles. The van der Waals surface area contributed by atoms with Gasteiger partial charge in [0.2, 0.25) is 0 Å². The van der Waals surface area contributed by atoms with Gasteiger partial charge in [0.05, 0.1) is 19.1 Å². The summed E-state index contributed by atoms with van der Waals surface area (Å²) in [7, 11) is 2.51. The molecule has 0 spiro atoms. The van der Waals surface area contributed by atoms with E-state index in [1.807, 2.05) is 19.9 Å². The minimum absolute atomic E-state index is 0.0267. The quantitative estimate of drug-likeness (QED) is 0.356. The number of carbonyl (C=O) groups is 2. The van der Waals surface area contributed by atoms with Gasteiger partial charge in [0.15, 0.2) is 5.41 Å². The third-order valence-corrected chi connectivity index (χ3v) is 5.81. The summed E-state index contributed by atoms with van der Waals surface area (Å²) in [5.41, 5.74) is 0.856. The average molecular weight is 359 g/mol. The number of hydrogen-bond acceptors (Lipinski definition) is 6. The number of hydrogen-bond donors (Lipinski definition) is 0. The van der Waals surface area contributed by atoms with Gasteiger partial charge in [-0.1, -0.05) is 25.5 Å². The molecule has 2 aliphatic carbocycles. The van der Waals surface area contributed by atoms with Crippen LogP contribution in [0.4, 0.5) is 5.69 Å². The van der Waals surface area contributed by atoms with Gasteiger partial charge < -0.3 is 9.47 Å². The van der Waals surface area contributed by atoms with Gasteiger partial charge in [-0.25, -0.2) is 0 Å². The van der Waals surface area contributed by atoms with Gasteiger partial charge in [0.1, 0.15) is 0 Å². The molecule has 1 aromatic rings. The fourth-order valence-corrected chi connectivity index (χ4v) is 4.41. The predicted octanol–water partition coefficient (Wildman–Crippen LogP) is 3.01. The van der Waals surface area contributed by atoms with Crippen LogP contribution in [-0.4, -0.2) is 31.1 Å². The van der Waals surface area contributed by atoms with E-state index in [1.54, 1.807) is 12.1 Å². The molecule has 0 bridgehead atoms. The highest BCUT2D eigenvalue weighted by molar-refractivity contribution is 6.01. The Kier molecular flexibility index (Phi) is 4.13. The molecule has 1 aromatic carbocycles. The Hall–Kier alpha value is -2.70. The summed E-state index contributed by atoms with van der Waals surface area (Å²) < 4.78 is 9.81. The van der Waals surface area contributed by atoms with Gasteiger partial charge in [-0.05, 0) is 41.4 Å². The van der Waals surface area contributed by atoms with E-state index in [0.29, 0.717) is 0 Å². The molecule has 0 amide bonds. The highest BCUT2D eigenvalue weighted by Gasteiger charge is 2.59. The van der Waals surface area contributed by atoms with Crippen LogP contribution in [0.1, 0.15) is 37.8 Å². The number of nitrogens with zero attached hydrogens (tertiary/aromatic N) is 1. The number of benzene rings is 1. The van der Waals surface area contributed by atoms with Crippen molar-refractivity contribution < 1.29 is 24.0 Å². The molecule has 1 unspecified atom stereocenters. The van der Waals surface area contributed by atoms with Crippen LogP contribution in [0.2, 0.25) is 0 Å². The number of carbonyl (C=O) groups excluding carboxylic acids is 2. The maximum absolute atomic E-state index is 12.5. The Morgan fingerprint density at radius 3 is 2.35 bits per heavy atom. The molecule has 3 rings (SSSR count). The maximum Gasteiger partial charge on any atom is 0.323 e. The first kappa shape index (κ1) is 18.1. The molecule has 26 heavy (non-hydrogen) atoms. The fourth-order valence-electron chi connectivity index (χ4n) is 4.41. The molecule has 7 heteroatoms. The molecule has 7 nitrogen and oxygen atoms in total. The van der Waals surface area contributed by atoms with Crippen LogP contribution in [0.25, 0.3) is 6.08 Å². The molecule has 0 heterocycles. The number of methoxy groups -OCH3 is 2. The first-order chi connectivity index (χ1) is 12.2. The van der Waals surface area contributed by atoms with Gasteiger partial charge in [-0.3, -0.25) is 19.7 Å². The van der Waals surface area contributed by atoms with Crippen LogP contribution in [0.3, 0.4) is 0 Å². The topological polar surface area (TPSA) is 95.7 Å². The van der Waals surface area contributed by atoms with Crippen LogP contribution in [0.5, 0.6) is 0 Å². The van der Waals surface area contributed by atoms with Crippen molar-refractivity contribution in [3.8, 4) is 0 Å². The fraction of sp³-hybridized carbons (Fsp3) is 0.474. The molecular formula is C19H21NO6. The van der Waals surface area contributed by atoms with Crippen LogP contribution in [0.15, 0.2) is 23.8 Å². The lowest BCUT2D eigenvalue weighted by Crippen LogP contribution is -2.40. The van der Waals surface area contributed by atoms with E-state index in [1.165, 1.54) is 20.3 Å². The van der Waals surface area contributed by atoms with E-state index in [0.717, 1.165) is 16.7 Å². The smallest absolute Gasteiger partial charge is 0.323 e. The van der Waals surface area contributed by atoms with Crippen molar-refractivity contribution in [1.82, 2.24) is 0 Å². The first-order valence-corrected chi connectivity index (χ1v) is 8.33. The second kappa shape index (κ2) is 5.93. The standard InChI is InChI=1S/C19H21NO6/c1-18(2)14-8-13(20(23)24)6-5-11(14)7-12-9-19(10-15(12)18,16(21)25-3)17(22)26-4/h5-8,15H,9-10H2,1-4H3. The summed E-state index contributed by atoms with van der Waals surface area (Å²) in [4.78, 5) is 35.7. The van der Waals surface area contributed by atoms with Gasteiger partial charge in [0, 0.05) is 12.1 Å². The van der Waals surface area contributed by atoms with Gasteiger partial charge >= 0.3 is 11.9 Å². The molecule has 0 N–H and O–H groups in total. The number of nitro groups is 1. The highest BCUT2D eigenvalue weighted by atomic mass is 16.6. The summed E-state index contributed by atoms with van der Waals surface area (Å²) in [6, 6.07) is 4.77. The Balaban J connectivity index is 2.12. The zero-order chi connectivity index (χ0) is 19.3. The molecule has 0 aliphatic heterocycles. The van der Waals surface area contributed by atoms with E-state index in [2.05, 4.69) is 0 Å². The Labute approximate surface area is 151 Å². The Bertz CT molecular complexity index is 822. The highest BCUT2D eigenvalue weighted by Crippen LogP contribution is 2.57. The lowest BCUT2D eigenvalue weighted by molar-refractivity contribution is -0.385. The Morgan fingerprint density at radius 2 is 1.81 bits per heavy atom. The van der Waals surface area contributed by atoms with Crippen molar-refractivity contribution in [2.24, 2.45) is 11.3 Å². The average Bonchev–Trinajstić information content (AvgIpc) is 3.01. The van der Waals surface area contributed by atoms with Crippen molar-refractivity contribution in [2.45, 2.75) is 32.1 Å². The Morgan fingerprint density at radius 1 is 1.19 bits per heavy atom. The zero-order valence-electron chi connectivity index (χ0n) is 15.2. The van der Waals surface area contributed by atoms with E-state index < -0.39 is 27.7 Å². The van der Waals surface area contributed by atoms with Crippen molar-refractivity contribution in [3.05, 3.63) is 45.0 Å². The second-order valence-electron chi connectivity index (χ2n) is 7.47. The minimum atomic E-state index is -1.37. The van der Waals surface area contributed by atoms with Crippen LogP contribution < -0.4 is 0 Å². The lowest BCUT2D eigenvalue weighted by atomic mass is 9.65. The van der Waals surface area contributed by atoms with E-state index in [9.17, 15) is 19.7 Å². The van der Waals surface area contributed by atoms with Crippen LogP contribution >= 0.6 is 0 Å². The molecule has 0 saturated heterocycles. The monoisotopic (exact) mass is 359 g/mol. The molecule has 0 aromatic heterocycles. The van der Waals surface area contributed by atoms with Crippen molar-refractivity contribution in [3.63, 3.8) is 0 Å². The van der Waals surface area contributed by atoms with E-state index >= 15 is 0 Å². The SMILES string of the molecule is COC(=O)C1(C(=O)OC)CC2=Cc3ccc([N+](=O)[O-])cc3C(C)(C)C2C1. The van der Waals surface area contributed by atoms with Gasteiger partial charge in [-0.2, -0.15) is 0 Å². The number of nitro benzene ring substituents is 1. The molecular weight excluding hydrogens is 338 g/mol. The van der Waals surface area contributed by atoms with Crippen molar-refractivity contribution >= 4 is 23.7 Å². The second-order valence-corrected chi connectivity index (χ2v) is 7.47. The molecule has 0 radical (unpaired) electrons. The number of esters is 2. The number of fused-ring (bicyclic) bond motifs is 2. The summed E-state index contributed by atoms with van der Waals surface area (Å²) in [5.74, 6) is -1.33. The van der Waals surface area contributed by atoms with Gasteiger partial charge in [-0.15, -0.1) is 0 Å². The number of non-ortho nitro benzene ring substituents is 1. The largest absolute Gasteiger partial charge is 0.468 e. The third kappa shape index (κ3) is 2.41. The number of allylic oxidation sites excluding steroid dienone is 1. The summed E-state index contributed by atoms with van der Waals surface area (Å²) in [6.45, 7) is 3.97. The summed E-state index contributed by atoms with van der Waals surface area (Å²) in [6.07, 6.45) is 2.42. The van der Waals surface area contributed by atoms with E-state index in [4.69, 9.17) is 9.47 Å². The minimum Gasteiger partial charge on any atom is -0.468 e. The van der Waals surface area contributed by atoms with Gasteiger partial charge in [0.25, 0.3) is 5.69 Å². The molecule has 1 atom stereocenters. The summed E-state index contributed by atoms with van der Waals surface area (Å²) >= 11 is 0. The number of rotatable bonds is 3. The maximum atomic E-state index is 12.5. The van der Waals surface area contributed by atoms with Crippen LogP contribution in [-0.2, 0) is 24.5 Å². The number of ether oxygens (including phenoxy) is 2.